The fraction of sp³-hybridized carbons (Fsp3) is 0.571. The monoisotopic (exact) mass is 344 g/mol. The van der Waals surface area contributed by atoms with Crippen molar-refractivity contribution in [3.63, 3.8) is 0 Å². The summed E-state index contributed by atoms with van der Waals surface area (Å²) in [6.07, 6.45) is 1.19. The van der Waals surface area contributed by atoms with E-state index in [4.69, 9.17) is 0 Å². The molecule has 0 aliphatic carbocycles. The van der Waals surface area contributed by atoms with Gasteiger partial charge in [0.15, 0.2) is 0 Å². The minimum Gasteiger partial charge on any atom is -0.309 e. The van der Waals surface area contributed by atoms with Crippen LogP contribution in [-0.2, 0) is 6.54 Å². The van der Waals surface area contributed by atoms with Gasteiger partial charge >= 0.3 is 0 Å². The maximum absolute atomic E-state index is 3.63. The molecule has 1 unspecified atom stereocenters. The summed E-state index contributed by atoms with van der Waals surface area (Å²) in [7, 11) is 0. The standard InChI is InChI=1S/C14H21IN2/c1-3-14(2)11-17(9-8-16-14)10-12-4-6-13(15)7-5-12/h4-7,16H,3,8-11H2,1-2H3. The number of piperazine rings is 1. The number of nitrogens with one attached hydrogen (secondary N) is 1. The van der Waals surface area contributed by atoms with Crippen molar-refractivity contribution in [2.45, 2.75) is 32.4 Å². The summed E-state index contributed by atoms with van der Waals surface area (Å²) >= 11 is 2.36. The summed E-state index contributed by atoms with van der Waals surface area (Å²) < 4.78 is 1.31. The van der Waals surface area contributed by atoms with Gasteiger partial charge < -0.3 is 5.32 Å². The van der Waals surface area contributed by atoms with Crippen LogP contribution in [-0.4, -0.2) is 30.1 Å². The summed E-state index contributed by atoms with van der Waals surface area (Å²) in [4.78, 5) is 2.56. The van der Waals surface area contributed by atoms with Gasteiger partial charge in [-0.2, -0.15) is 0 Å². The van der Waals surface area contributed by atoms with Gasteiger partial charge in [-0.05, 0) is 53.6 Å². The van der Waals surface area contributed by atoms with Gasteiger partial charge in [-0.3, -0.25) is 4.90 Å². The molecule has 0 radical (unpaired) electrons. The molecule has 0 amide bonds. The number of nitrogens with zero attached hydrogens (tertiary/aromatic N) is 1. The van der Waals surface area contributed by atoms with Gasteiger partial charge in [-0.1, -0.05) is 19.1 Å². The molecular formula is C14H21IN2. The Morgan fingerprint density at radius 3 is 2.71 bits per heavy atom. The van der Waals surface area contributed by atoms with Crippen molar-refractivity contribution in [1.82, 2.24) is 10.2 Å². The Kier molecular flexibility index (Phi) is 4.44. The van der Waals surface area contributed by atoms with E-state index in [9.17, 15) is 0 Å². The minimum atomic E-state index is 0.293. The van der Waals surface area contributed by atoms with Crippen LogP contribution in [0, 0.1) is 3.57 Å². The highest BCUT2D eigenvalue weighted by Crippen LogP contribution is 2.17. The van der Waals surface area contributed by atoms with E-state index in [-0.39, 0.29) is 0 Å². The van der Waals surface area contributed by atoms with E-state index in [1.165, 1.54) is 15.6 Å². The Labute approximate surface area is 118 Å². The summed E-state index contributed by atoms with van der Waals surface area (Å²) in [6.45, 7) is 9.08. The molecular weight excluding hydrogens is 323 g/mol. The highest BCUT2D eigenvalue weighted by atomic mass is 127. The lowest BCUT2D eigenvalue weighted by molar-refractivity contribution is 0.133. The highest BCUT2D eigenvalue weighted by molar-refractivity contribution is 14.1. The molecule has 1 heterocycles. The Balaban J connectivity index is 1.97. The van der Waals surface area contributed by atoms with E-state index in [2.05, 4.69) is 70.9 Å². The number of rotatable bonds is 3. The second-order valence-corrected chi connectivity index (χ2v) is 6.42. The molecule has 0 saturated carbocycles. The van der Waals surface area contributed by atoms with E-state index in [1.807, 2.05) is 0 Å². The molecule has 1 aromatic carbocycles. The predicted octanol–water partition coefficient (Wildman–Crippen LogP) is 2.87. The Hall–Kier alpha value is -0.130. The molecule has 1 fully saturated rings. The van der Waals surface area contributed by atoms with Gasteiger partial charge in [0.05, 0.1) is 0 Å². The Bertz CT molecular complexity index is 363. The van der Waals surface area contributed by atoms with Gasteiger partial charge in [0.1, 0.15) is 0 Å². The molecule has 1 aliphatic heterocycles. The zero-order valence-electron chi connectivity index (χ0n) is 10.7. The Morgan fingerprint density at radius 2 is 2.06 bits per heavy atom. The van der Waals surface area contributed by atoms with E-state index in [0.717, 1.165) is 26.2 Å². The average Bonchev–Trinajstić information content (AvgIpc) is 2.32. The topological polar surface area (TPSA) is 15.3 Å². The fourth-order valence-corrected chi connectivity index (χ4v) is 2.72. The number of hydrogen-bond donors (Lipinski definition) is 1. The van der Waals surface area contributed by atoms with E-state index >= 15 is 0 Å². The van der Waals surface area contributed by atoms with Crippen molar-refractivity contribution >= 4 is 22.6 Å². The molecule has 1 atom stereocenters. The normalized spacial score (nSPS) is 26.1. The molecule has 1 saturated heterocycles. The van der Waals surface area contributed by atoms with Crippen molar-refractivity contribution in [3.8, 4) is 0 Å². The zero-order valence-corrected chi connectivity index (χ0v) is 12.8. The van der Waals surface area contributed by atoms with Crippen LogP contribution in [0.3, 0.4) is 0 Å². The molecule has 0 aromatic heterocycles. The van der Waals surface area contributed by atoms with Crippen LogP contribution < -0.4 is 5.32 Å². The predicted molar refractivity (Wildman–Crippen MR) is 81.1 cm³/mol. The van der Waals surface area contributed by atoms with Gasteiger partial charge in [-0.25, -0.2) is 0 Å². The van der Waals surface area contributed by atoms with Crippen LogP contribution in [0.2, 0.25) is 0 Å². The first-order valence-electron chi connectivity index (χ1n) is 6.33. The highest BCUT2D eigenvalue weighted by Gasteiger charge is 2.28. The SMILES string of the molecule is CCC1(C)CN(Cc2ccc(I)cc2)CCN1. The third-order valence-corrected chi connectivity index (χ3v) is 4.37. The van der Waals surface area contributed by atoms with Gasteiger partial charge in [0.25, 0.3) is 0 Å². The first-order chi connectivity index (χ1) is 8.11. The molecule has 1 aromatic rings. The van der Waals surface area contributed by atoms with Crippen molar-refractivity contribution in [2.24, 2.45) is 0 Å². The number of benzene rings is 1. The molecule has 0 bridgehead atoms. The molecule has 17 heavy (non-hydrogen) atoms. The maximum Gasteiger partial charge on any atom is 0.0278 e. The smallest absolute Gasteiger partial charge is 0.0278 e. The summed E-state index contributed by atoms with van der Waals surface area (Å²) in [5.41, 5.74) is 1.72. The lowest BCUT2D eigenvalue weighted by Gasteiger charge is -2.41. The van der Waals surface area contributed by atoms with Crippen LogP contribution in [0.5, 0.6) is 0 Å². The zero-order chi connectivity index (χ0) is 12.3. The van der Waals surface area contributed by atoms with Crippen LogP contribution in [0.25, 0.3) is 0 Å². The largest absolute Gasteiger partial charge is 0.309 e. The van der Waals surface area contributed by atoms with Crippen molar-refractivity contribution in [3.05, 3.63) is 33.4 Å². The third kappa shape index (κ3) is 3.66. The maximum atomic E-state index is 3.63. The van der Waals surface area contributed by atoms with Gasteiger partial charge in [0.2, 0.25) is 0 Å². The lowest BCUT2D eigenvalue weighted by atomic mass is 9.95. The number of halogens is 1. The first kappa shape index (κ1) is 13.3. The molecule has 0 spiro atoms. The van der Waals surface area contributed by atoms with Crippen molar-refractivity contribution in [1.29, 1.82) is 0 Å². The summed E-state index contributed by atoms with van der Waals surface area (Å²) in [5.74, 6) is 0. The van der Waals surface area contributed by atoms with E-state index in [0.29, 0.717) is 5.54 Å². The second kappa shape index (κ2) is 5.67. The van der Waals surface area contributed by atoms with Crippen molar-refractivity contribution in [2.75, 3.05) is 19.6 Å². The second-order valence-electron chi connectivity index (χ2n) is 5.18. The molecule has 1 aliphatic rings. The number of hydrogen-bond acceptors (Lipinski definition) is 2. The quantitative estimate of drug-likeness (QED) is 0.849. The summed E-state index contributed by atoms with van der Waals surface area (Å²) in [5, 5.41) is 3.63. The molecule has 2 rings (SSSR count). The lowest BCUT2D eigenvalue weighted by Crippen LogP contribution is -2.58. The molecule has 1 N–H and O–H groups in total. The van der Waals surface area contributed by atoms with Crippen molar-refractivity contribution < 1.29 is 0 Å². The van der Waals surface area contributed by atoms with Gasteiger partial charge in [0, 0.05) is 35.3 Å². The van der Waals surface area contributed by atoms with E-state index < -0.39 is 0 Å². The first-order valence-corrected chi connectivity index (χ1v) is 7.41. The van der Waals surface area contributed by atoms with Crippen LogP contribution in [0.4, 0.5) is 0 Å². The molecule has 3 heteroatoms. The van der Waals surface area contributed by atoms with Crippen LogP contribution in [0.15, 0.2) is 24.3 Å². The van der Waals surface area contributed by atoms with Crippen LogP contribution in [0.1, 0.15) is 25.8 Å². The third-order valence-electron chi connectivity index (χ3n) is 3.65. The molecule has 94 valence electrons. The van der Waals surface area contributed by atoms with Gasteiger partial charge in [-0.15, -0.1) is 0 Å². The van der Waals surface area contributed by atoms with E-state index in [1.54, 1.807) is 0 Å². The summed E-state index contributed by atoms with van der Waals surface area (Å²) in [6, 6.07) is 8.87. The molecule has 2 nitrogen and oxygen atoms in total. The average molecular weight is 344 g/mol. The fourth-order valence-electron chi connectivity index (χ4n) is 2.36. The minimum absolute atomic E-state index is 0.293. The van der Waals surface area contributed by atoms with Crippen LogP contribution >= 0.6 is 22.6 Å². The Morgan fingerprint density at radius 1 is 1.35 bits per heavy atom.